The van der Waals surface area contributed by atoms with E-state index in [1.807, 2.05) is 0 Å². The SMILES string of the molecule is COC(=O)c1ccccc1Cn1cc(NC(=O)c2ccccc2OC(F)F)cn1. The monoisotopic (exact) mass is 401 g/mol. The highest BCUT2D eigenvalue weighted by Crippen LogP contribution is 2.22. The van der Waals surface area contributed by atoms with Gasteiger partial charge in [0, 0.05) is 6.20 Å². The molecule has 3 aromatic rings. The fraction of sp³-hybridized carbons (Fsp3) is 0.150. The minimum absolute atomic E-state index is 0.0309. The number of carbonyl (C=O) groups is 2. The maximum atomic E-state index is 12.5. The number of hydrogen-bond donors (Lipinski definition) is 1. The second kappa shape index (κ2) is 8.96. The summed E-state index contributed by atoms with van der Waals surface area (Å²) in [5.41, 5.74) is 1.43. The molecule has 2 aromatic carbocycles. The second-order valence-electron chi connectivity index (χ2n) is 5.90. The van der Waals surface area contributed by atoms with Gasteiger partial charge < -0.3 is 14.8 Å². The molecule has 0 aliphatic carbocycles. The summed E-state index contributed by atoms with van der Waals surface area (Å²) in [6, 6.07) is 12.6. The first-order valence-corrected chi connectivity index (χ1v) is 8.52. The third-order valence-corrected chi connectivity index (χ3v) is 3.99. The van der Waals surface area contributed by atoms with Crippen molar-refractivity contribution in [2.75, 3.05) is 12.4 Å². The van der Waals surface area contributed by atoms with Crippen molar-refractivity contribution in [3.63, 3.8) is 0 Å². The lowest BCUT2D eigenvalue weighted by Crippen LogP contribution is -2.14. The Labute approximate surface area is 164 Å². The lowest BCUT2D eigenvalue weighted by Gasteiger charge is -2.10. The summed E-state index contributed by atoms with van der Waals surface area (Å²) in [5, 5.41) is 6.74. The molecule has 7 nitrogen and oxygen atoms in total. The van der Waals surface area contributed by atoms with Crippen LogP contribution in [0, 0.1) is 0 Å². The normalized spacial score (nSPS) is 10.6. The number of benzene rings is 2. The molecule has 1 N–H and O–H groups in total. The Hall–Kier alpha value is -3.75. The van der Waals surface area contributed by atoms with Crippen molar-refractivity contribution >= 4 is 17.6 Å². The van der Waals surface area contributed by atoms with Crippen molar-refractivity contribution in [1.82, 2.24) is 9.78 Å². The van der Waals surface area contributed by atoms with E-state index < -0.39 is 18.5 Å². The molecular formula is C20H17F2N3O4. The Morgan fingerprint density at radius 3 is 2.52 bits per heavy atom. The van der Waals surface area contributed by atoms with Gasteiger partial charge in [0.25, 0.3) is 5.91 Å². The highest BCUT2D eigenvalue weighted by Gasteiger charge is 2.16. The molecule has 150 valence electrons. The van der Waals surface area contributed by atoms with Crippen LogP contribution in [0.5, 0.6) is 5.75 Å². The fourth-order valence-corrected chi connectivity index (χ4v) is 2.71. The second-order valence-corrected chi connectivity index (χ2v) is 5.90. The molecule has 0 radical (unpaired) electrons. The number of carbonyl (C=O) groups excluding carboxylic acids is 2. The fourth-order valence-electron chi connectivity index (χ4n) is 2.71. The zero-order chi connectivity index (χ0) is 20.8. The average molecular weight is 401 g/mol. The number of alkyl halides is 2. The zero-order valence-electron chi connectivity index (χ0n) is 15.3. The van der Waals surface area contributed by atoms with Crippen LogP contribution in [0.1, 0.15) is 26.3 Å². The number of esters is 1. The number of para-hydroxylation sites is 1. The van der Waals surface area contributed by atoms with Crippen molar-refractivity contribution in [2.45, 2.75) is 13.2 Å². The number of rotatable bonds is 7. The van der Waals surface area contributed by atoms with Crippen LogP contribution >= 0.6 is 0 Å². The molecule has 0 unspecified atom stereocenters. The van der Waals surface area contributed by atoms with Gasteiger partial charge in [0.05, 0.1) is 36.7 Å². The molecule has 0 spiro atoms. The number of anilines is 1. The molecule has 0 aliphatic rings. The number of halogens is 2. The quantitative estimate of drug-likeness (QED) is 0.612. The molecule has 0 aliphatic heterocycles. The Kier molecular flexibility index (Phi) is 6.18. The van der Waals surface area contributed by atoms with Crippen LogP contribution in [-0.2, 0) is 11.3 Å². The van der Waals surface area contributed by atoms with Gasteiger partial charge in [-0.05, 0) is 23.8 Å². The third kappa shape index (κ3) is 4.95. The predicted octanol–water partition coefficient (Wildman–Crippen LogP) is 3.57. The molecule has 0 saturated heterocycles. The van der Waals surface area contributed by atoms with Crippen LogP contribution in [0.25, 0.3) is 0 Å². The number of ether oxygens (including phenoxy) is 2. The van der Waals surface area contributed by atoms with E-state index in [2.05, 4.69) is 15.2 Å². The molecule has 3 rings (SSSR count). The largest absolute Gasteiger partial charge is 0.465 e. The first kappa shape index (κ1) is 20.0. The number of hydrogen-bond acceptors (Lipinski definition) is 5. The minimum Gasteiger partial charge on any atom is -0.465 e. The Balaban J connectivity index is 1.74. The van der Waals surface area contributed by atoms with E-state index in [-0.39, 0.29) is 17.9 Å². The van der Waals surface area contributed by atoms with Crippen molar-refractivity contribution in [1.29, 1.82) is 0 Å². The van der Waals surface area contributed by atoms with Crippen LogP contribution < -0.4 is 10.1 Å². The standard InChI is InChI=1S/C20H17F2N3O4/c1-28-19(27)15-7-3-2-6-13(15)11-25-12-14(10-23-25)24-18(26)16-8-4-5-9-17(16)29-20(21)22/h2-10,12,20H,11H2,1H3,(H,24,26). The molecule has 0 fully saturated rings. The van der Waals surface area contributed by atoms with E-state index in [4.69, 9.17) is 4.74 Å². The number of nitrogens with zero attached hydrogens (tertiary/aromatic N) is 2. The number of amides is 1. The molecule has 0 saturated carbocycles. The molecule has 0 bridgehead atoms. The lowest BCUT2D eigenvalue weighted by molar-refractivity contribution is -0.0501. The van der Waals surface area contributed by atoms with Crippen LogP contribution in [0.15, 0.2) is 60.9 Å². The molecule has 0 atom stereocenters. The minimum atomic E-state index is -3.04. The van der Waals surface area contributed by atoms with Gasteiger partial charge in [0.15, 0.2) is 0 Å². The third-order valence-electron chi connectivity index (χ3n) is 3.99. The molecule has 1 amide bonds. The van der Waals surface area contributed by atoms with E-state index in [1.165, 1.54) is 36.2 Å². The maximum Gasteiger partial charge on any atom is 0.387 e. The van der Waals surface area contributed by atoms with E-state index in [1.54, 1.807) is 36.5 Å². The Bertz CT molecular complexity index is 1020. The van der Waals surface area contributed by atoms with Crippen LogP contribution in [-0.4, -0.2) is 35.4 Å². The van der Waals surface area contributed by atoms with Gasteiger partial charge in [-0.3, -0.25) is 9.48 Å². The van der Waals surface area contributed by atoms with E-state index in [0.717, 1.165) is 0 Å². The van der Waals surface area contributed by atoms with E-state index >= 15 is 0 Å². The van der Waals surface area contributed by atoms with Crippen molar-refractivity contribution in [3.8, 4) is 5.75 Å². The smallest absolute Gasteiger partial charge is 0.387 e. The van der Waals surface area contributed by atoms with E-state index in [9.17, 15) is 18.4 Å². The summed E-state index contributed by atoms with van der Waals surface area (Å²) in [6.07, 6.45) is 2.97. The first-order valence-electron chi connectivity index (χ1n) is 8.52. The molecule has 9 heteroatoms. The van der Waals surface area contributed by atoms with Gasteiger partial charge in [0.1, 0.15) is 5.75 Å². The average Bonchev–Trinajstić information content (AvgIpc) is 3.14. The highest BCUT2D eigenvalue weighted by molar-refractivity contribution is 6.06. The summed E-state index contributed by atoms with van der Waals surface area (Å²) >= 11 is 0. The number of methoxy groups -OCH3 is 1. The molecular weight excluding hydrogens is 384 g/mol. The molecule has 29 heavy (non-hydrogen) atoms. The predicted molar refractivity (Wildman–Crippen MR) is 100 cm³/mol. The van der Waals surface area contributed by atoms with Gasteiger partial charge >= 0.3 is 12.6 Å². The van der Waals surface area contributed by atoms with Crippen LogP contribution in [0.4, 0.5) is 14.5 Å². The van der Waals surface area contributed by atoms with Crippen molar-refractivity contribution < 1.29 is 27.8 Å². The summed E-state index contributed by atoms with van der Waals surface area (Å²) in [6.45, 7) is -2.77. The van der Waals surface area contributed by atoms with Gasteiger partial charge in [-0.15, -0.1) is 0 Å². The van der Waals surface area contributed by atoms with E-state index in [0.29, 0.717) is 16.8 Å². The van der Waals surface area contributed by atoms with Crippen molar-refractivity contribution in [3.05, 3.63) is 77.6 Å². The Morgan fingerprint density at radius 2 is 1.79 bits per heavy atom. The van der Waals surface area contributed by atoms with Gasteiger partial charge in [0.2, 0.25) is 0 Å². The van der Waals surface area contributed by atoms with Gasteiger partial charge in [-0.25, -0.2) is 4.79 Å². The van der Waals surface area contributed by atoms with Crippen LogP contribution in [0.2, 0.25) is 0 Å². The summed E-state index contributed by atoms with van der Waals surface area (Å²) in [4.78, 5) is 24.3. The summed E-state index contributed by atoms with van der Waals surface area (Å²) < 4.78 is 35.7. The Morgan fingerprint density at radius 1 is 1.10 bits per heavy atom. The van der Waals surface area contributed by atoms with Crippen LogP contribution in [0.3, 0.4) is 0 Å². The summed E-state index contributed by atoms with van der Waals surface area (Å²) in [5.74, 6) is -1.30. The highest BCUT2D eigenvalue weighted by atomic mass is 19.3. The molecule has 1 aromatic heterocycles. The van der Waals surface area contributed by atoms with Crippen molar-refractivity contribution in [2.24, 2.45) is 0 Å². The van der Waals surface area contributed by atoms with Gasteiger partial charge in [-0.1, -0.05) is 30.3 Å². The summed E-state index contributed by atoms with van der Waals surface area (Å²) in [7, 11) is 1.30. The zero-order valence-corrected chi connectivity index (χ0v) is 15.3. The number of nitrogens with one attached hydrogen (secondary N) is 1. The first-order chi connectivity index (χ1) is 14.0. The van der Waals surface area contributed by atoms with Gasteiger partial charge in [-0.2, -0.15) is 13.9 Å². The topological polar surface area (TPSA) is 82.5 Å². The molecule has 1 heterocycles. The number of aromatic nitrogens is 2. The lowest BCUT2D eigenvalue weighted by atomic mass is 10.1. The maximum absolute atomic E-state index is 12.5.